The number of nitrogens with one attached hydrogen (secondary N) is 1. The maximum Gasteiger partial charge on any atom is 0.156 e. The molecule has 0 atom stereocenters. The maximum absolute atomic E-state index is 5.37. The molecule has 2 aromatic heterocycles. The van der Waals surface area contributed by atoms with Crippen LogP contribution in [-0.2, 0) is 11.8 Å². The van der Waals surface area contributed by atoms with Crippen LogP contribution >= 0.6 is 0 Å². The van der Waals surface area contributed by atoms with E-state index in [1.165, 1.54) is 12.8 Å². The van der Waals surface area contributed by atoms with Crippen molar-refractivity contribution < 1.29 is 4.74 Å². The molecule has 0 aliphatic heterocycles. The van der Waals surface area contributed by atoms with Crippen molar-refractivity contribution >= 4 is 16.9 Å². The maximum atomic E-state index is 5.37. The number of hydrogen-bond acceptors (Lipinski definition) is 5. The average molecular weight is 289 g/mol. The van der Waals surface area contributed by atoms with Gasteiger partial charge in [0.1, 0.15) is 16.9 Å². The van der Waals surface area contributed by atoms with Gasteiger partial charge in [-0.05, 0) is 33.1 Å². The summed E-state index contributed by atoms with van der Waals surface area (Å²) in [6.45, 7) is 6.41. The standard InChI is InChI=1S/C15H23N5O/c1-4-21-9-5-8-16-15-13-12(10(2)19-20(13)3)17-14(18-15)11-6-7-11/h11H,4-9H2,1-3H3,(H,16,17,18). The Balaban J connectivity index is 1.84. The molecule has 0 saturated heterocycles. The molecule has 6 nitrogen and oxygen atoms in total. The van der Waals surface area contributed by atoms with Crippen molar-refractivity contribution in [1.29, 1.82) is 0 Å². The Morgan fingerprint density at radius 1 is 1.33 bits per heavy atom. The fourth-order valence-electron chi connectivity index (χ4n) is 2.53. The van der Waals surface area contributed by atoms with E-state index in [2.05, 4.69) is 10.4 Å². The van der Waals surface area contributed by atoms with Crippen molar-refractivity contribution in [3.63, 3.8) is 0 Å². The second-order valence-electron chi connectivity index (χ2n) is 5.59. The van der Waals surface area contributed by atoms with Crippen molar-refractivity contribution in [3.05, 3.63) is 11.5 Å². The number of fused-ring (bicyclic) bond motifs is 1. The van der Waals surface area contributed by atoms with Gasteiger partial charge in [0, 0.05) is 32.7 Å². The van der Waals surface area contributed by atoms with Gasteiger partial charge in [-0.25, -0.2) is 9.97 Å². The van der Waals surface area contributed by atoms with E-state index in [9.17, 15) is 0 Å². The van der Waals surface area contributed by atoms with Gasteiger partial charge in [0.15, 0.2) is 5.82 Å². The van der Waals surface area contributed by atoms with Crippen LogP contribution in [0, 0.1) is 6.92 Å². The third-order valence-corrected chi connectivity index (χ3v) is 3.77. The smallest absolute Gasteiger partial charge is 0.156 e. The summed E-state index contributed by atoms with van der Waals surface area (Å²) in [5.41, 5.74) is 2.93. The van der Waals surface area contributed by atoms with Crippen LogP contribution in [0.2, 0.25) is 0 Å². The van der Waals surface area contributed by atoms with Crippen LogP contribution in [-0.4, -0.2) is 39.5 Å². The van der Waals surface area contributed by atoms with Crippen LogP contribution in [0.1, 0.15) is 43.6 Å². The molecule has 114 valence electrons. The normalized spacial score (nSPS) is 14.8. The highest BCUT2D eigenvalue weighted by Gasteiger charge is 2.28. The van der Waals surface area contributed by atoms with E-state index in [-0.39, 0.29) is 0 Å². The Hall–Kier alpha value is -1.69. The lowest BCUT2D eigenvalue weighted by atomic mass is 10.3. The second kappa shape index (κ2) is 5.97. The Labute approximate surface area is 124 Å². The number of rotatable bonds is 7. The zero-order valence-corrected chi connectivity index (χ0v) is 13.0. The molecule has 0 amide bonds. The zero-order chi connectivity index (χ0) is 14.8. The Morgan fingerprint density at radius 2 is 2.14 bits per heavy atom. The summed E-state index contributed by atoms with van der Waals surface area (Å²) in [5, 5.41) is 7.91. The van der Waals surface area contributed by atoms with Gasteiger partial charge in [-0.1, -0.05) is 0 Å². The van der Waals surface area contributed by atoms with E-state index in [1.807, 2.05) is 25.6 Å². The van der Waals surface area contributed by atoms with E-state index in [0.717, 1.165) is 54.5 Å². The van der Waals surface area contributed by atoms with Crippen LogP contribution < -0.4 is 5.32 Å². The van der Waals surface area contributed by atoms with Gasteiger partial charge >= 0.3 is 0 Å². The molecule has 1 aliphatic rings. The highest BCUT2D eigenvalue weighted by atomic mass is 16.5. The van der Waals surface area contributed by atoms with E-state index < -0.39 is 0 Å². The monoisotopic (exact) mass is 289 g/mol. The number of anilines is 1. The lowest BCUT2D eigenvalue weighted by Gasteiger charge is -2.09. The Bertz CT molecular complexity index is 633. The molecule has 0 radical (unpaired) electrons. The van der Waals surface area contributed by atoms with Gasteiger partial charge in [0.2, 0.25) is 0 Å². The van der Waals surface area contributed by atoms with Crippen molar-refractivity contribution in [1.82, 2.24) is 19.7 Å². The van der Waals surface area contributed by atoms with Crippen molar-refractivity contribution in [2.75, 3.05) is 25.1 Å². The lowest BCUT2D eigenvalue weighted by molar-refractivity contribution is 0.147. The summed E-state index contributed by atoms with van der Waals surface area (Å²) in [5.74, 6) is 2.41. The van der Waals surface area contributed by atoms with Crippen LogP contribution in [0.4, 0.5) is 5.82 Å². The minimum absolute atomic E-state index is 0.540. The molecule has 1 fully saturated rings. The molecular formula is C15H23N5O. The summed E-state index contributed by atoms with van der Waals surface area (Å²) >= 11 is 0. The predicted octanol–water partition coefficient (Wildman–Crippen LogP) is 2.39. The van der Waals surface area contributed by atoms with Crippen molar-refractivity contribution in [3.8, 4) is 0 Å². The van der Waals surface area contributed by atoms with E-state index >= 15 is 0 Å². The number of hydrogen-bond donors (Lipinski definition) is 1. The lowest BCUT2D eigenvalue weighted by Crippen LogP contribution is -2.10. The predicted molar refractivity (Wildman–Crippen MR) is 82.6 cm³/mol. The Kier molecular flexibility index (Phi) is 4.05. The molecule has 0 bridgehead atoms. The molecular weight excluding hydrogens is 266 g/mol. The van der Waals surface area contributed by atoms with E-state index in [4.69, 9.17) is 14.7 Å². The number of aromatic nitrogens is 4. The molecule has 1 N–H and O–H groups in total. The van der Waals surface area contributed by atoms with Crippen LogP contribution in [0.15, 0.2) is 0 Å². The average Bonchev–Trinajstić information content (AvgIpc) is 3.26. The molecule has 0 unspecified atom stereocenters. The second-order valence-corrected chi connectivity index (χ2v) is 5.59. The van der Waals surface area contributed by atoms with Crippen LogP contribution in [0.5, 0.6) is 0 Å². The molecule has 0 aromatic carbocycles. The quantitative estimate of drug-likeness (QED) is 0.793. The van der Waals surface area contributed by atoms with Gasteiger partial charge in [-0.2, -0.15) is 5.10 Å². The van der Waals surface area contributed by atoms with E-state index in [0.29, 0.717) is 5.92 Å². The SMILES string of the molecule is CCOCCCNc1nc(C2CC2)nc2c(C)nn(C)c12. The summed E-state index contributed by atoms with van der Waals surface area (Å²) in [4.78, 5) is 9.45. The van der Waals surface area contributed by atoms with Crippen molar-refractivity contribution in [2.24, 2.45) is 7.05 Å². The molecule has 2 heterocycles. The third kappa shape index (κ3) is 3.00. The third-order valence-electron chi connectivity index (χ3n) is 3.77. The topological polar surface area (TPSA) is 64.9 Å². The number of ether oxygens (including phenoxy) is 1. The first-order valence-electron chi connectivity index (χ1n) is 7.73. The fraction of sp³-hybridized carbons (Fsp3) is 0.667. The zero-order valence-electron chi connectivity index (χ0n) is 13.0. The van der Waals surface area contributed by atoms with Crippen LogP contribution in [0.3, 0.4) is 0 Å². The van der Waals surface area contributed by atoms with E-state index in [1.54, 1.807) is 0 Å². The van der Waals surface area contributed by atoms with Gasteiger partial charge < -0.3 is 10.1 Å². The first kappa shape index (κ1) is 14.3. The van der Waals surface area contributed by atoms with Gasteiger partial charge in [0.25, 0.3) is 0 Å². The number of nitrogens with zero attached hydrogens (tertiary/aromatic N) is 4. The van der Waals surface area contributed by atoms with Crippen LogP contribution in [0.25, 0.3) is 11.0 Å². The summed E-state index contributed by atoms with van der Waals surface area (Å²) < 4.78 is 7.24. The van der Waals surface area contributed by atoms with Crippen molar-refractivity contribution in [2.45, 2.75) is 39.0 Å². The molecule has 6 heteroatoms. The van der Waals surface area contributed by atoms with Gasteiger partial charge in [-0.3, -0.25) is 4.68 Å². The first-order chi connectivity index (χ1) is 10.2. The molecule has 1 saturated carbocycles. The first-order valence-corrected chi connectivity index (χ1v) is 7.73. The molecule has 21 heavy (non-hydrogen) atoms. The molecule has 3 rings (SSSR count). The highest BCUT2D eigenvalue weighted by molar-refractivity contribution is 5.87. The summed E-state index contributed by atoms with van der Waals surface area (Å²) in [7, 11) is 1.95. The van der Waals surface area contributed by atoms with Gasteiger partial charge in [-0.15, -0.1) is 0 Å². The number of aryl methyl sites for hydroxylation is 2. The summed E-state index contributed by atoms with van der Waals surface area (Å²) in [6, 6.07) is 0. The van der Waals surface area contributed by atoms with Gasteiger partial charge in [0.05, 0.1) is 5.69 Å². The molecule has 2 aromatic rings. The molecule has 1 aliphatic carbocycles. The fourth-order valence-corrected chi connectivity index (χ4v) is 2.53. The summed E-state index contributed by atoms with van der Waals surface area (Å²) in [6.07, 6.45) is 3.37. The Morgan fingerprint density at radius 3 is 2.86 bits per heavy atom. The minimum atomic E-state index is 0.540. The highest BCUT2D eigenvalue weighted by Crippen LogP contribution is 2.39. The minimum Gasteiger partial charge on any atom is -0.382 e. The largest absolute Gasteiger partial charge is 0.382 e. The molecule has 0 spiro atoms.